The van der Waals surface area contributed by atoms with Crippen molar-refractivity contribution in [3.63, 3.8) is 0 Å². The lowest BCUT2D eigenvalue weighted by molar-refractivity contribution is 0.102. The molecule has 0 fully saturated rings. The highest BCUT2D eigenvalue weighted by Crippen LogP contribution is 2.23. The minimum atomic E-state index is -0.731. The third kappa shape index (κ3) is 3.84. The van der Waals surface area contributed by atoms with Crippen LogP contribution in [0, 0.1) is 6.92 Å². The van der Waals surface area contributed by atoms with Crippen LogP contribution in [0.5, 0.6) is 5.75 Å². The third-order valence-electron chi connectivity index (χ3n) is 4.14. The smallest absolute Gasteiger partial charge is 0.333 e. The summed E-state index contributed by atoms with van der Waals surface area (Å²) in [5, 5.41) is 3.15. The quantitative estimate of drug-likeness (QED) is 0.689. The van der Waals surface area contributed by atoms with Gasteiger partial charge >= 0.3 is 5.69 Å². The molecule has 1 amide bonds. The van der Waals surface area contributed by atoms with E-state index >= 15 is 0 Å². The Morgan fingerprint density at radius 1 is 1.18 bits per heavy atom. The lowest BCUT2D eigenvalue weighted by Gasteiger charge is -2.11. The number of aromatic nitrogens is 2. The van der Waals surface area contributed by atoms with Gasteiger partial charge in [-0.25, -0.2) is 9.36 Å². The van der Waals surface area contributed by atoms with Gasteiger partial charge in [0.15, 0.2) is 0 Å². The molecule has 3 aromatic rings. The van der Waals surface area contributed by atoms with Crippen LogP contribution in [-0.4, -0.2) is 22.1 Å². The van der Waals surface area contributed by atoms with Gasteiger partial charge in [0.1, 0.15) is 11.3 Å². The normalized spacial score (nSPS) is 10.5. The highest BCUT2D eigenvalue weighted by molar-refractivity contribution is 6.31. The number of nitrogens with one attached hydrogen (secondary N) is 2. The first kappa shape index (κ1) is 19.4. The molecular formula is C20H18ClN3O4. The molecule has 144 valence electrons. The Labute approximate surface area is 165 Å². The molecule has 2 aromatic carbocycles. The van der Waals surface area contributed by atoms with Crippen molar-refractivity contribution in [1.82, 2.24) is 9.55 Å². The zero-order valence-corrected chi connectivity index (χ0v) is 16.0. The van der Waals surface area contributed by atoms with Gasteiger partial charge in [0, 0.05) is 16.9 Å². The van der Waals surface area contributed by atoms with Crippen molar-refractivity contribution in [2.75, 3.05) is 11.9 Å². The Balaban J connectivity index is 1.98. The molecule has 0 aliphatic heterocycles. The predicted molar refractivity (Wildman–Crippen MR) is 108 cm³/mol. The van der Waals surface area contributed by atoms with Gasteiger partial charge < -0.3 is 15.0 Å². The first-order valence-electron chi connectivity index (χ1n) is 8.56. The Morgan fingerprint density at radius 3 is 2.57 bits per heavy atom. The molecule has 1 heterocycles. The number of benzene rings is 2. The average molecular weight is 400 g/mol. The third-order valence-corrected chi connectivity index (χ3v) is 4.55. The molecule has 0 radical (unpaired) electrons. The number of anilines is 1. The van der Waals surface area contributed by atoms with Crippen molar-refractivity contribution in [3.05, 3.63) is 85.6 Å². The second-order valence-corrected chi connectivity index (χ2v) is 6.35. The van der Waals surface area contributed by atoms with E-state index in [1.165, 1.54) is 0 Å². The van der Waals surface area contributed by atoms with Crippen molar-refractivity contribution in [1.29, 1.82) is 0 Å². The topological polar surface area (TPSA) is 93.2 Å². The van der Waals surface area contributed by atoms with Crippen LogP contribution >= 0.6 is 11.6 Å². The number of ether oxygens (including phenoxy) is 1. The lowest BCUT2D eigenvalue weighted by atomic mass is 10.2. The van der Waals surface area contributed by atoms with Crippen molar-refractivity contribution < 1.29 is 9.53 Å². The molecule has 8 heteroatoms. The molecule has 7 nitrogen and oxygen atoms in total. The van der Waals surface area contributed by atoms with Crippen LogP contribution in [0.1, 0.15) is 22.8 Å². The summed E-state index contributed by atoms with van der Waals surface area (Å²) in [6.07, 6.45) is 1.10. The number of halogens is 1. The van der Waals surface area contributed by atoms with Gasteiger partial charge in [-0.15, -0.1) is 0 Å². The number of hydrogen-bond acceptors (Lipinski definition) is 4. The minimum Gasteiger partial charge on any atom is -0.494 e. The second kappa shape index (κ2) is 8.14. The Morgan fingerprint density at radius 2 is 1.89 bits per heavy atom. The van der Waals surface area contributed by atoms with E-state index < -0.39 is 17.2 Å². The maximum atomic E-state index is 12.8. The van der Waals surface area contributed by atoms with E-state index in [9.17, 15) is 14.4 Å². The van der Waals surface area contributed by atoms with Crippen LogP contribution in [0.4, 0.5) is 5.69 Å². The fraction of sp³-hybridized carbons (Fsp3) is 0.150. The van der Waals surface area contributed by atoms with Crippen molar-refractivity contribution in [2.45, 2.75) is 13.8 Å². The zero-order valence-electron chi connectivity index (χ0n) is 15.3. The predicted octanol–water partition coefficient (Wildman–Crippen LogP) is 3.14. The van der Waals surface area contributed by atoms with E-state index in [4.69, 9.17) is 16.3 Å². The number of carbonyl (C=O) groups is 1. The van der Waals surface area contributed by atoms with Gasteiger partial charge in [0.05, 0.1) is 12.3 Å². The number of amides is 1. The Hall–Kier alpha value is -3.32. The number of rotatable bonds is 5. The Bertz CT molecular complexity index is 1130. The first-order chi connectivity index (χ1) is 13.4. The van der Waals surface area contributed by atoms with Crippen LogP contribution in [0.2, 0.25) is 5.02 Å². The van der Waals surface area contributed by atoms with Gasteiger partial charge in [0.2, 0.25) is 0 Å². The van der Waals surface area contributed by atoms with Gasteiger partial charge in [-0.2, -0.15) is 0 Å². The summed E-state index contributed by atoms with van der Waals surface area (Å²) in [7, 11) is 0. The molecule has 0 atom stereocenters. The van der Waals surface area contributed by atoms with E-state index in [1.54, 1.807) is 49.4 Å². The molecular weight excluding hydrogens is 382 g/mol. The average Bonchev–Trinajstić information content (AvgIpc) is 2.67. The van der Waals surface area contributed by atoms with Crippen LogP contribution in [0.3, 0.4) is 0 Å². The number of nitrogens with zero attached hydrogens (tertiary/aromatic N) is 1. The molecule has 0 aliphatic rings. The number of hydrogen-bond donors (Lipinski definition) is 2. The van der Waals surface area contributed by atoms with E-state index in [0.29, 0.717) is 34.3 Å². The molecule has 0 saturated carbocycles. The van der Waals surface area contributed by atoms with Crippen molar-refractivity contribution >= 4 is 23.2 Å². The summed E-state index contributed by atoms with van der Waals surface area (Å²) >= 11 is 6.06. The summed E-state index contributed by atoms with van der Waals surface area (Å²) < 4.78 is 6.26. The molecule has 0 saturated heterocycles. The molecule has 0 bridgehead atoms. The zero-order chi connectivity index (χ0) is 20.3. The van der Waals surface area contributed by atoms with Gasteiger partial charge in [-0.05, 0) is 55.8 Å². The molecule has 0 aliphatic carbocycles. The van der Waals surface area contributed by atoms with E-state index in [-0.39, 0.29) is 5.56 Å². The summed E-state index contributed by atoms with van der Waals surface area (Å²) in [4.78, 5) is 40.1. The van der Waals surface area contributed by atoms with Crippen molar-refractivity contribution in [3.8, 4) is 11.4 Å². The van der Waals surface area contributed by atoms with Crippen LogP contribution in [0.25, 0.3) is 5.69 Å². The van der Waals surface area contributed by atoms with Gasteiger partial charge in [-0.3, -0.25) is 9.59 Å². The fourth-order valence-electron chi connectivity index (χ4n) is 2.66. The van der Waals surface area contributed by atoms with Crippen molar-refractivity contribution in [2.24, 2.45) is 0 Å². The highest BCUT2D eigenvalue weighted by Gasteiger charge is 2.17. The molecule has 1 aromatic heterocycles. The van der Waals surface area contributed by atoms with Gasteiger partial charge in [-0.1, -0.05) is 17.7 Å². The van der Waals surface area contributed by atoms with Gasteiger partial charge in [0.25, 0.3) is 11.5 Å². The van der Waals surface area contributed by atoms with Crippen LogP contribution < -0.4 is 21.3 Å². The molecule has 28 heavy (non-hydrogen) atoms. The molecule has 0 spiro atoms. The van der Waals surface area contributed by atoms with Crippen LogP contribution in [0.15, 0.2) is 58.3 Å². The Kier molecular flexibility index (Phi) is 5.65. The molecule has 0 unspecified atom stereocenters. The van der Waals surface area contributed by atoms with E-state index in [0.717, 1.165) is 10.8 Å². The SMILES string of the molecule is CCOc1ccc(-n2c(=O)[nH]cc(C(=O)Nc3cccc(Cl)c3C)c2=O)cc1. The molecule has 3 rings (SSSR count). The van der Waals surface area contributed by atoms with E-state index in [2.05, 4.69) is 10.3 Å². The summed E-state index contributed by atoms with van der Waals surface area (Å²) in [5.74, 6) is -0.0349. The monoisotopic (exact) mass is 399 g/mol. The fourth-order valence-corrected chi connectivity index (χ4v) is 2.84. The molecule has 2 N–H and O–H groups in total. The summed E-state index contributed by atoms with van der Waals surface area (Å²) in [6.45, 7) is 4.11. The summed E-state index contributed by atoms with van der Waals surface area (Å²) in [5.41, 5.74) is -0.101. The minimum absolute atomic E-state index is 0.201. The standard InChI is InChI=1S/C20H18ClN3O4/c1-3-28-14-9-7-13(8-10-14)24-19(26)15(11-22-20(24)27)18(25)23-17-6-4-5-16(21)12(17)2/h4-11H,3H2,1-2H3,(H,22,27)(H,23,25). The second-order valence-electron chi connectivity index (χ2n) is 5.94. The number of aromatic amines is 1. The largest absolute Gasteiger partial charge is 0.494 e. The maximum absolute atomic E-state index is 12.8. The summed E-state index contributed by atoms with van der Waals surface area (Å²) in [6, 6.07) is 11.5. The van der Waals surface area contributed by atoms with Crippen LogP contribution in [-0.2, 0) is 0 Å². The van der Waals surface area contributed by atoms with E-state index in [1.807, 2.05) is 6.92 Å². The first-order valence-corrected chi connectivity index (χ1v) is 8.94. The lowest BCUT2D eigenvalue weighted by Crippen LogP contribution is -2.38. The maximum Gasteiger partial charge on any atom is 0.333 e. The number of H-pyrrole nitrogens is 1. The number of carbonyl (C=O) groups excluding carboxylic acids is 1. The highest BCUT2D eigenvalue weighted by atomic mass is 35.5.